The summed E-state index contributed by atoms with van der Waals surface area (Å²) in [5.41, 5.74) is 1.38. The van der Waals surface area contributed by atoms with Crippen molar-refractivity contribution >= 4 is 5.91 Å². The van der Waals surface area contributed by atoms with Crippen LogP contribution < -0.4 is 15.4 Å². The molecule has 0 bridgehead atoms. The van der Waals surface area contributed by atoms with Crippen LogP contribution in [-0.2, 0) is 6.61 Å². The molecule has 5 heteroatoms. The van der Waals surface area contributed by atoms with E-state index in [4.69, 9.17) is 4.74 Å². The van der Waals surface area contributed by atoms with Crippen LogP contribution in [0.5, 0.6) is 5.75 Å². The predicted octanol–water partition coefficient (Wildman–Crippen LogP) is 2.89. The highest BCUT2D eigenvalue weighted by atomic mass is 19.1. The number of carbonyl (C=O) groups is 1. The minimum atomic E-state index is -0.277. The first-order valence-electron chi connectivity index (χ1n) is 8.20. The van der Waals surface area contributed by atoms with Gasteiger partial charge < -0.3 is 15.4 Å². The van der Waals surface area contributed by atoms with E-state index < -0.39 is 0 Å². The fourth-order valence-corrected chi connectivity index (χ4v) is 2.75. The van der Waals surface area contributed by atoms with Gasteiger partial charge in [0, 0.05) is 6.04 Å². The van der Waals surface area contributed by atoms with Crippen LogP contribution in [0.2, 0.25) is 0 Å². The Balaban J connectivity index is 1.65. The zero-order valence-electron chi connectivity index (χ0n) is 13.4. The van der Waals surface area contributed by atoms with Crippen LogP contribution in [0.3, 0.4) is 0 Å². The van der Waals surface area contributed by atoms with Crippen molar-refractivity contribution < 1.29 is 13.9 Å². The summed E-state index contributed by atoms with van der Waals surface area (Å²) in [7, 11) is 0. The van der Waals surface area contributed by atoms with Crippen LogP contribution in [-0.4, -0.2) is 25.0 Å². The van der Waals surface area contributed by atoms with Crippen molar-refractivity contribution in [2.75, 3.05) is 13.1 Å². The second kappa shape index (κ2) is 7.93. The smallest absolute Gasteiger partial charge is 0.255 e. The Morgan fingerprint density at radius 1 is 1.12 bits per heavy atom. The van der Waals surface area contributed by atoms with E-state index in [0.29, 0.717) is 11.3 Å². The van der Waals surface area contributed by atoms with Gasteiger partial charge in [-0.1, -0.05) is 24.3 Å². The first kappa shape index (κ1) is 16.5. The van der Waals surface area contributed by atoms with Crippen LogP contribution in [0.15, 0.2) is 48.5 Å². The van der Waals surface area contributed by atoms with Crippen molar-refractivity contribution in [2.24, 2.45) is 0 Å². The highest BCUT2D eigenvalue weighted by molar-refractivity contribution is 5.97. The molecular formula is C19H21FN2O2. The molecule has 0 unspecified atom stereocenters. The Labute approximate surface area is 141 Å². The van der Waals surface area contributed by atoms with Crippen molar-refractivity contribution in [1.29, 1.82) is 0 Å². The molecule has 0 atom stereocenters. The molecule has 0 saturated carbocycles. The van der Waals surface area contributed by atoms with E-state index in [-0.39, 0.29) is 24.4 Å². The number of ether oxygens (including phenoxy) is 1. The molecule has 2 N–H and O–H groups in total. The molecule has 2 aromatic rings. The van der Waals surface area contributed by atoms with E-state index in [1.54, 1.807) is 24.3 Å². The van der Waals surface area contributed by atoms with Gasteiger partial charge in [-0.25, -0.2) is 4.39 Å². The Morgan fingerprint density at radius 2 is 1.83 bits per heavy atom. The molecule has 3 rings (SSSR count). The maximum atomic E-state index is 12.9. The lowest BCUT2D eigenvalue weighted by Crippen LogP contribution is -2.42. The lowest BCUT2D eigenvalue weighted by molar-refractivity contribution is 0.0925. The van der Waals surface area contributed by atoms with Gasteiger partial charge in [0.2, 0.25) is 0 Å². The van der Waals surface area contributed by atoms with Crippen LogP contribution >= 0.6 is 0 Å². The SMILES string of the molecule is O=C(NC1CCNCC1)c1ccccc1OCc1ccc(F)cc1. The Bertz CT molecular complexity index is 682. The number of piperidine rings is 1. The minimum absolute atomic E-state index is 0.114. The zero-order chi connectivity index (χ0) is 16.8. The maximum Gasteiger partial charge on any atom is 0.255 e. The highest BCUT2D eigenvalue weighted by Crippen LogP contribution is 2.20. The van der Waals surface area contributed by atoms with E-state index in [1.807, 2.05) is 12.1 Å². The summed E-state index contributed by atoms with van der Waals surface area (Å²) < 4.78 is 18.7. The maximum absolute atomic E-state index is 12.9. The molecule has 1 aliphatic heterocycles. The third-order valence-corrected chi connectivity index (χ3v) is 4.11. The van der Waals surface area contributed by atoms with Gasteiger partial charge in [-0.05, 0) is 55.8 Å². The summed E-state index contributed by atoms with van der Waals surface area (Å²) in [6, 6.07) is 13.5. The number of hydrogen-bond donors (Lipinski definition) is 2. The van der Waals surface area contributed by atoms with Crippen LogP contribution in [0.25, 0.3) is 0 Å². The van der Waals surface area contributed by atoms with E-state index in [9.17, 15) is 9.18 Å². The molecule has 1 saturated heterocycles. The summed E-state index contributed by atoms with van der Waals surface area (Å²) in [5, 5.41) is 6.35. The number of amides is 1. The average Bonchev–Trinajstić information content (AvgIpc) is 2.62. The molecule has 1 heterocycles. The lowest BCUT2D eigenvalue weighted by Gasteiger charge is -2.24. The van der Waals surface area contributed by atoms with Crippen molar-refractivity contribution in [1.82, 2.24) is 10.6 Å². The number of halogens is 1. The molecule has 0 aromatic heterocycles. The standard InChI is InChI=1S/C19H21FN2O2/c20-15-7-5-14(6-8-15)13-24-18-4-2-1-3-17(18)19(23)22-16-9-11-21-12-10-16/h1-8,16,21H,9-13H2,(H,22,23). The molecule has 1 amide bonds. The van der Waals surface area contributed by atoms with Crippen molar-refractivity contribution in [3.8, 4) is 5.75 Å². The second-order valence-electron chi connectivity index (χ2n) is 5.91. The Hall–Kier alpha value is -2.40. The predicted molar refractivity (Wildman–Crippen MR) is 90.5 cm³/mol. The number of hydrogen-bond acceptors (Lipinski definition) is 3. The van der Waals surface area contributed by atoms with E-state index in [0.717, 1.165) is 31.5 Å². The van der Waals surface area contributed by atoms with Gasteiger partial charge >= 0.3 is 0 Å². The lowest BCUT2D eigenvalue weighted by atomic mass is 10.1. The molecule has 0 aliphatic carbocycles. The topological polar surface area (TPSA) is 50.4 Å². The first-order valence-corrected chi connectivity index (χ1v) is 8.20. The zero-order valence-corrected chi connectivity index (χ0v) is 13.4. The quantitative estimate of drug-likeness (QED) is 0.887. The third-order valence-electron chi connectivity index (χ3n) is 4.11. The number of para-hydroxylation sites is 1. The van der Waals surface area contributed by atoms with Gasteiger partial charge in [-0.15, -0.1) is 0 Å². The van der Waals surface area contributed by atoms with Crippen LogP contribution in [0, 0.1) is 5.82 Å². The molecule has 1 aliphatic rings. The van der Waals surface area contributed by atoms with Crippen molar-refractivity contribution in [2.45, 2.75) is 25.5 Å². The molecule has 4 nitrogen and oxygen atoms in total. The van der Waals surface area contributed by atoms with E-state index >= 15 is 0 Å². The Kier molecular flexibility index (Phi) is 5.43. The van der Waals surface area contributed by atoms with Crippen molar-refractivity contribution in [3.05, 3.63) is 65.5 Å². The van der Waals surface area contributed by atoms with Crippen LogP contribution in [0.1, 0.15) is 28.8 Å². The van der Waals surface area contributed by atoms with Gasteiger partial charge in [0.1, 0.15) is 18.2 Å². The van der Waals surface area contributed by atoms with Gasteiger partial charge in [0.05, 0.1) is 5.56 Å². The summed E-state index contributed by atoms with van der Waals surface area (Å²) in [4.78, 5) is 12.5. The van der Waals surface area contributed by atoms with Gasteiger partial charge in [0.15, 0.2) is 0 Å². The van der Waals surface area contributed by atoms with Crippen molar-refractivity contribution in [3.63, 3.8) is 0 Å². The summed E-state index contributed by atoms with van der Waals surface area (Å²) >= 11 is 0. The number of nitrogens with one attached hydrogen (secondary N) is 2. The molecule has 1 fully saturated rings. The van der Waals surface area contributed by atoms with Gasteiger partial charge in [-0.3, -0.25) is 4.79 Å². The highest BCUT2D eigenvalue weighted by Gasteiger charge is 2.18. The van der Waals surface area contributed by atoms with E-state index in [2.05, 4.69) is 10.6 Å². The molecule has 126 valence electrons. The Morgan fingerprint density at radius 3 is 2.58 bits per heavy atom. The summed E-state index contributed by atoms with van der Waals surface area (Å²) in [6.45, 7) is 2.14. The number of rotatable bonds is 5. The monoisotopic (exact) mass is 328 g/mol. The normalized spacial score (nSPS) is 15.0. The summed E-state index contributed by atoms with van der Waals surface area (Å²) in [5.74, 6) is 0.144. The third kappa shape index (κ3) is 4.32. The fourth-order valence-electron chi connectivity index (χ4n) is 2.75. The van der Waals surface area contributed by atoms with E-state index in [1.165, 1.54) is 12.1 Å². The molecule has 24 heavy (non-hydrogen) atoms. The van der Waals surface area contributed by atoms with Gasteiger partial charge in [0.25, 0.3) is 5.91 Å². The number of benzene rings is 2. The average molecular weight is 328 g/mol. The summed E-state index contributed by atoms with van der Waals surface area (Å²) in [6.07, 6.45) is 1.87. The van der Waals surface area contributed by atoms with Gasteiger partial charge in [-0.2, -0.15) is 0 Å². The molecule has 0 radical (unpaired) electrons. The largest absolute Gasteiger partial charge is 0.488 e. The molecule has 2 aromatic carbocycles. The minimum Gasteiger partial charge on any atom is -0.488 e. The molecule has 0 spiro atoms. The molecular weight excluding hydrogens is 307 g/mol. The van der Waals surface area contributed by atoms with Crippen LogP contribution in [0.4, 0.5) is 4.39 Å². The second-order valence-corrected chi connectivity index (χ2v) is 5.91. The fraction of sp³-hybridized carbons (Fsp3) is 0.316. The number of carbonyl (C=O) groups excluding carboxylic acids is 1. The first-order chi connectivity index (χ1) is 11.7.